The Kier molecular flexibility index (Phi) is 4.10. The highest BCUT2D eigenvalue weighted by atomic mass is 127. The van der Waals surface area contributed by atoms with Gasteiger partial charge in [-0.2, -0.15) is 0 Å². The van der Waals surface area contributed by atoms with E-state index in [9.17, 15) is 0 Å². The van der Waals surface area contributed by atoms with Crippen LogP contribution in [0.5, 0.6) is 0 Å². The van der Waals surface area contributed by atoms with E-state index in [-0.39, 0.29) is 0 Å². The highest BCUT2D eigenvalue weighted by Gasteiger charge is 2.20. The summed E-state index contributed by atoms with van der Waals surface area (Å²) >= 11 is 2.46. The van der Waals surface area contributed by atoms with Gasteiger partial charge in [-0.15, -0.1) is 0 Å². The van der Waals surface area contributed by atoms with Gasteiger partial charge in [0.05, 0.1) is 0 Å². The average Bonchev–Trinajstić information content (AvgIpc) is 2.62. The maximum atomic E-state index is 6.02. The van der Waals surface area contributed by atoms with Crippen molar-refractivity contribution in [3.8, 4) is 0 Å². The highest BCUT2D eigenvalue weighted by Crippen LogP contribution is 2.38. The quantitative estimate of drug-likeness (QED) is 0.451. The number of hydrogen-bond donors (Lipinski definition) is 1. The third kappa shape index (κ3) is 2.62. The largest absolute Gasteiger partial charge is 0.399 e. The molecule has 3 rings (SSSR count). The molecule has 0 bridgehead atoms. The fraction of sp³-hybridized carbons (Fsp3) is 0.222. The van der Waals surface area contributed by atoms with Crippen molar-refractivity contribution in [2.24, 2.45) is 0 Å². The fourth-order valence-corrected chi connectivity index (χ4v) is 3.41. The van der Waals surface area contributed by atoms with Crippen molar-refractivity contribution in [3.05, 3.63) is 64.7 Å². The zero-order chi connectivity index (χ0) is 13.9. The Morgan fingerprint density at radius 3 is 2.50 bits per heavy atom. The second-order valence-electron chi connectivity index (χ2n) is 5.23. The Hall–Kier alpha value is -1.29. The minimum atomic E-state index is 0.453. The standard InChI is InChI=1S/C18H18IN/c19-11-3-6-17-16-5-2-1-4-13(16)7-8-14-9-10-15(20)12-18(14)17/h1-2,4-5,7-10,12,17H,3,6,11,20H2. The first-order valence-corrected chi connectivity index (χ1v) is 8.54. The molecule has 1 aliphatic rings. The molecule has 0 heterocycles. The van der Waals surface area contributed by atoms with Crippen molar-refractivity contribution in [1.29, 1.82) is 0 Å². The summed E-state index contributed by atoms with van der Waals surface area (Å²) in [4.78, 5) is 0. The zero-order valence-corrected chi connectivity index (χ0v) is 13.5. The predicted molar refractivity (Wildman–Crippen MR) is 96.2 cm³/mol. The van der Waals surface area contributed by atoms with E-state index in [1.165, 1.54) is 39.5 Å². The molecule has 0 amide bonds. The molecule has 0 aromatic heterocycles. The number of benzene rings is 2. The van der Waals surface area contributed by atoms with Gasteiger partial charge < -0.3 is 5.73 Å². The molecule has 0 saturated heterocycles. The molecular formula is C18H18IN. The first kappa shape index (κ1) is 13.7. The Labute approximate surface area is 134 Å². The zero-order valence-electron chi connectivity index (χ0n) is 11.4. The molecule has 0 saturated carbocycles. The normalized spacial score (nSPS) is 16.4. The SMILES string of the molecule is Nc1ccc2c(c1)C(CCCI)c1ccccc1C=C2. The second-order valence-corrected chi connectivity index (χ2v) is 6.31. The summed E-state index contributed by atoms with van der Waals surface area (Å²) in [6.07, 6.45) is 6.86. The lowest BCUT2D eigenvalue weighted by Gasteiger charge is -2.20. The molecule has 1 atom stereocenters. The van der Waals surface area contributed by atoms with Crippen molar-refractivity contribution in [1.82, 2.24) is 0 Å². The van der Waals surface area contributed by atoms with E-state index in [4.69, 9.17) is 5.73 Å². The van der Waals surface area contributed by atoms with Crippen LogP contribution in [-0.2, 0) is 0 Å². The lowest BCUT2D eigenvalue weighted by Crippen LogP contribution is -2.05. The predicted octanol–water partition coefficient (Wildman–Crippen LogP) is 5.10. The molecule has 0 aliphatic heterocycles. The molecule has 2 aromatic carbocycles. The van der Waals surface area contributed by atoms with E-state index in [2.05, 4.69) is 71.1 Å². The molecule has 0 fully saturated rings. The summed E-state index contributed by atoms with van der Waals surface area (Å²) < 4.78 is 1.20. The molecule has 1 aliphatic carbocycles. The van der Waals surface area contributed by atoms with Gasteiger partial charge in [0, 0.05) is 11.6 Å². The number of fused-ring (bicyclic) bond motifs is 2. The van der Waals surface area contributed by atoms with Gasteiger partial charge in [-0.25, -0.2) is 0 Å². The van der Waals surface area contributed by atoms with Gasteiger partial charge in [0.25, 0.3) is 0 Å². The van der Waals surface area contributed by atoms with Gasteiger partial charge in [-0.05, 0) is 51.7 Å². The van der Waals surface area contributed by atoms with Crippen LogP contribution in [0.2, 0.25) is 0 Å². The summed E-state index contributed by atoms with van der Waals surface area (Å²) in [6.45, 7) is 0. The van der Waals surface area contributed by atoms with Crippen LogP contribution >= 0.6 is 22.6 Å². The van der Waals surface area contributed by atoms with Crippen LogP contribution in [0.25, 0.3) is 12.2 Å². The van der Waals surface area contributed by atoms with Crippen molar-refractivity contribution in [2.45, 2.75) is 18.8 Å². The van der Waals surface area contributed by atoms with Crippen LogP contribution in [0, 0.1) is 0 Å². The summed E-state index contributed by atoms with van der Waals surface area (Å²) in [6, 6.07) is 15.0. The summed E-state index contributed by atoms with van der Waals surface area (Å²) in [5.74, 6) is 0.453. The topological polar surface area (TPSA) is 26.0 Å². The molecule has 0 spiro atoms. The van der Waals surface area contributed by atoms with Crippen molar-refractivity contribution < 1.29 is 0 Å². The summed E-state index contributed by atoms with van der Waals surface area (Å²) in [7, 11) is 0. The van der Waals surface area contributed by atoms with Crippen LogP contribution in [0.1, 0.15) is 41.0 Å². The highest BCUT2D eigenvalue weighted by molar-refractivity contribution is 14.1. The molecule has 2 N–H and O–H groups in total. The number of halogens is 1. The molecule has 0 radical (unpaired) electrons. The van der Waals surface area contributed by atoms with E-state index in [0.29, 0.717) is 5.92 Å². The molecular weight excluding hydrogens is 357 g/mol. The fourth-order valence-electron chi connectivity index (χ4n) is 2.97. The minimum absolute atomic E-state index is 0.453. The maximum absolute atomic E-state index is 6.02. The number of hydrogen-bond acceptors (Lipinski definition) is 1. The Balaban J connectivity index is 2.15. The number of alkyl halides is 1. The molecule has 1 unspecified atom stereocenters. The summed E-state index contributed by atoms with van der Waals surface area (Å²) in [5.41, 5.74) is 12.3. The van der Waals surface area contributed by atoms with Crippen LogP contribution in [0.4, 0.5) is 5.69 Å². The van der Waals surface area contributed by atoms with Crippen molar-refractivity contribution in [2.75, 3.05) is 10.2 Å². The third-order valence-electron chi connectivity index (χ3n) is 3.93. The molecule has 2 heteroatoms. The summed E-state index contributed by atoms with van der Waals surface area (Å²) in [5, 5.41) is 0. The monoisotopic (exact) mass is 375 g/mol. The average molecular weight is 375 g/mol. The molecule has 102 valence electrons. The first-order chi connectivity index (χ1) is 9.79. The van der Waals surface area contributed by atoms with Crippen molar-refractivity contribution in [3.63, 3.8) is 0 Å². The van der Waals surface area contributed by atoms with E-state index in [1.54, 1.807) is 0 Å². The Morgan fingerprint density at radius 2 is 1.70 bits per heavy atom. The maximum Gasteiger partial charge on any atom is 0.0317 e. The molecule has 20 heavy (non-hydrogen) atoms. The van der Waals surface area contributed by atoms with Gasteiger partial charge in [-0.1, -0.05) is 65.1 Å². The van der Waals surface area contributed by atoms with Crippen LogP contribution in [0.15, 0.2) is 42.5 Å². The van der Waals surface area contributed by atoms with E-state index in [0.717, 1.165) is 5.69 Å². The van der Waals surface area contributed by atoms with Crippen LogP contribution < -0.4 is 5.73 Å². The third-order valence-corrected chi connectivity index (χ3v) is 4.69. The van der Waals surface area contributed by atoms with E-state index in [1.807, 2.05) is 6.07 Å². The van der Waals surface area contributed by atoms with Crippen LogP contribution in [-0.4, -0.2) is 4.43 Å². The first-order valence-electron chi connectivity index (χ1n) is 7.02. The number of rotatable bonds is 3. The minimum Gasteiger partial charge on any atom is -0.399 e. The Bertz CT molecular complexity index is 646. The van der Waals surface area contributed by atoms with Gasteiger partial charge >= 0.3 is 0 Å². The van der Waals surface area contributed by atoms with Gasteiger partial charge in [0.15, 0.2) is 0 Å². The van der Waals surface area contributed by atoms with Gasteiger partial charge in [0.2, 0.25) is 0 Å². The van der Waals surface area contributed by atoms with Gasteiger partial charge in [0.1, 0.15) is 0 Å². The lowest BCUT2D eigenvalue weighted by molar-refractivity contribution is 0.706. The lowest BCUT2D eigenvalue weighted by atomic mass is 9.84. The number of nitrogens with two attached hydrogens (primary N) is 1. The smallest absolute Gasteiger partial charge is 0.0317 e. The number of nitrogen functional groups attached to an aromatic ring is 1. The van der Waals surface area contributed by atoms with E-state index < -0.39 is 0 Å². The van der Waals surface area contributed by atoms with Gasteiger partial charge in [-0.3, -0.25) is 0 Å². The second kappa shape index (κ2) is 6.00. The number of anilines is 1. The Morgan fingerprint density at radius 1 is 0.950 bits per heavy atom. The van der Waals surface area contributed by atoms with Crippen LogP contribution in [0.3, 0.4) is 0 Å². The molecule has 1 nitrogen and oxygen atoms in total. The molecule has 2 aromatic rings. The van der Waals surface area contributed by atoms with E-state index >= 15 is 0 Å². The van der Waals surface area contributed by atoms with Crippen molar-refractivity contribution >= 4 is 40.4 Å².